The van der Waals surface area contributed by atoms with E-state index >= 15 is 0 Å². The number of carboxylic acid groups (broad SMARTS) is 1. The minimum atomic E-state index is -0.927. The Hall–Kier alpha value is -2.43. The lowest BCUT2D eigenvalue weighted by atomic mass is 10.1. The molecule has 1 aromatic rings. The summed E-state index contributed by atoms with van der Waals surface area (Å²) in [6.07, 6.45) is 2.03. The molecule has 1 saturated heterocycles. The summed E-state index contributed by atoms with van der Waals surface area (Å²) in [5.41, 5.74) is 1.33. The van der Waals surface area contributed by atoms with Crippen molar-refractivity contribution >= 4 is 23.9 Å². The minimum absolute atomic E-state index is 0.0468. The lowest BCUT2D eigenvalue weighted by Gasteiger charge is -2.12. The number of carboxylic acids is 1. The van der Waals surface area contributed by atoms with Crippen molar-refractivity contribution in [2.75, 3.05) is 6.54 Å². The summed E-state index contributed by atoms with van der Waals surface area (Å²) in [5.74, 6) is -1.50. The Balaban J connectivity index is 2.05. The highest BCUT2D eigenvalue weighted by molar-refractivity contribution is 6.15. The van der Waals surface area contributed by atoms with Crippen LogP contribution in [-0.2, 0) is 14.4 Å². The molecule has 0 aromatic heterocycles. The molecule has 20 heavy (non-hydrogen) atoms. The van der Waals surface area contributed by atoms with E-state index in [2.05, 4.69) is 0 Å². The number of carbonyl (C=O) groups is 3. The normalized spacial score (nSPS) is 17.0. The highest BCUT2D eigenvalue weighted by atomic mass is 16.4. The summed E-state index contributed by atoms with van der Waals surface area (Å²) in [5, 5.41) is 8.57. The highest BCUT2D eigenvalue weighted by Gasteiger charge is 2.33. The second-order valence-corrected chi connectivity index (χ2v) is 4.60. The Morgan fingerprint density at radius 3 is 2.60 bits per heavy atom. The number of imide groups is 1. The van der Waals surface area contributed by atoms with Crippen LogP contribution in [0.4, 0.5) is 0 Å². The monoisotopic (exact) mass is 273 g/mol. The Bertz CT molecular complexity index is 562. The van der Waals surface area contributed by atoms with Crippen molar-refractivity contribution in [3.63, 3.8) is 0 Å². The summed E-state index contributed by atoms with van der Waals surface area (Å²) in [7, 11) is 0. The molecule has 1 aliphatic rings. The van der Waals surface area contributed by atoms with Gasteiger partial charge in [0, 0.05) is 18.5 Å². The lowest BCUT2D eigenvalue weighted by molar-refractivity contribution is -0.140. The van der Waals surface area contributed by atoms with Crippen LogP contribution in [0.5, 0.6) is 0 Å². The molecule has 5 heteroatoms. The fourth-order valence-corrected chi connectivity index (χ4v) is 2.10. The third-order valence-corrected chi connectivity index (χ3v) is 3.08. The molecule has 1 heterocycles. The van der Waals surface area contributed by atoms with Gasteiger partial charge in [-0.25, -0.2) is 0 Å². The number of hydrogen-bond acceptors (Lipinski definition) is 3. The number of amides is 2. The largest absolute Gasteiger partial charge is 0.481 e. The van der Waals surface area contributed by atoms with Crippen LogP contribution in [0.15, 0.2) is 35.9 Å². The van der Waals surface area contributed by atoms with Crippen LogP contribution in [0.25, 0.3) is 6.08 Å². The van der Waals surface area contributed by atoms with Gasteiger partial charge in [0.05, 0.1) is 6.42 Å². The van der Waals surface area contributed by atoms with E-state index in [0.717, 1.165) is 10.5 Å². The first-order valence-electron chi connectivity index (χ1n) is 6.40. The quantitative estimate of drug-likeness (QED) is 0.654. The Kier molecular flexibility index (Phi) is 4.30. The van der Waals surface area contributed by atoms with E-state index < -0.39 is 5.97 Å². The van der Waals surface area contributed by atoms with Gasteiger partial charge >= 0.3 is 5.97 Å². The zero-order valence-electron chi connectivity index (χ0n) is 10.9. The molecule has 2 amide bonds. The molecule has 5 nitrogen and oxygen atoms in total. The van der Waals surface area contributed by atoms with Gasteiger partial charge in [-0.1, -0.05) is 30.3 Å². The first-order valence-corrected chi connectivity index (χ1v) is 6.40. The maximum absolute atomic E-state index is 12.1. The van der Waals surface area contributed by atoms with Gasteiger partial charge < -0.3 is 5.11 Å². The summed E-state index contributed by atoms with van der Waals surface area (Å²) in [6, 6.07) is 9.31. The second-order valence-electron chi connectivity index (χ2n) is 4.60. The average molecular weight is 273 g/mol. The first kappa shape index (κ1) is 14.0. The van der Waals surface area contributed by atoms with Gasteiger partial charge in [-0.2, -0.15) is 0 Å². The maximum atomic E-state index is 12.1. The molecule has 0 atom stereocenters. The number of rotatable bonds is 5. The Morgan fingerprint density at radius 1 is 1.25 bits per heavy atom. The van der Waals surface area contributed by atoms with Crippen LogP contribution in [0.1, 0.15) is 24.8 Å². The van der Waals surface area contributed by atoms with E-state index in [-0.39, 0.29) is 37.6 Å². The third kappa shape index (κ3) is 3.32. The van der Waals surface area contributed by atoms with Crippen LogP contribution in [-0.4, -0.2) is 34.3 Å². The van der Waals surface area contributed by atoms with Crippen molar-refractivity contribution in [1.82, 2.24) is 4.90 Å². The molecule has 104 valence electrons. The topological polar surface area (TPSA) is 74.7 Å². The number of carbonyl (C=O) groups excluding carboxylic acids is 2. The fraction of sp³-hybridized carbons (Fsp3) is 0.267. The molecular weight excluding hydrogens is 258 g/mol. The van der Waals surface area contributed by atoms with Crippen LogP contribution >= 0.6 is 0 Å². The Morgan fingerprint density at radius 2 is 1.95 bits per heavy atom. The summed E-state index contributed by atoms with van der Waals surface area (Å²) < 4.78 is 0. The van der Waals surface area contributed by atoms with Crippen molar-refractivity contribution in [1.29, 1.82) is 0 Å². The summed E-state index contributed by atoms with van der Waals surface area (Å²) in [4.78, 5) is 35.4. The predicted octanol–water partition coefficient (Wildman–Crippen LogP) is 1.69. The molecular formula is C15H15NO4. The molecule has 0 saturated carbocycles. The van der Waals surface area contributed by atoms with E-state index in [1.54, 1.807) is 6.08 Å². The number of aliphatic carboxylic acids is 1. The molecule has 1 aromatic carbocycles. The second kappa shape index (κ2) is 6.14. The summed E-state index contributed by atoms with van der Waals surface area (Å²) >= 11 is 0. The minimum Gasteiger partial charge on any atom is -0.481 e. The number of nitrogens with zero attached hydrogens (tertiary/aromatic N) is 1. The molecule has 1 fully saturated rings. The van der Waals surface area contributed by atoms with Crippen molar-refractivity contribution in [2.24, 2.45) is 0 Å². The highest BCUT2D eigenvalue weighted by Crippen LogP contribution is 2.21. The molecule has 0 radical (unpaired) electrons. The van der Waals surface area contributed by atoms with Crippen molar-refractivity contribution in [2.45, 2.75) is 19.3 Å². The smallest absolute Gasteiger partial charge is 0.303 e. The van der Waals surface area contributed by atoms with Crippen LogP contribution < -0.4 is 0 Å². The maximum Gasteiger partial charge on any atom is 0.303 e. The van der Waals surface area contributed by atoms with E-state index in [9.17, 15) is 14.4 Å². The summed E-state index contributed by atoms with van der Waals surface area (Å²) in [6.45, 7) is 0.163. The average Bonchev–Trinajstić information content (AvgIpc) is 2.67. The molecule has 0 spiro atoms. The van der Waals surface area contributed by atoms with E-state index in [1.807, 2.05) is 30.3 Å². The third-order valence-electron chi connectivity index (χ3n) is 3.08. The van der Waals surface area contributed by atoms with Gasteiger partial charge in [0.25, 0.3) is 5.91 Å². The Labute approximate surface area is 116 Å². The van der Waals surface area contributed by atoms with Gasteiger partial charge in [-0.3, -0.25) is 19.3 Å². The van der Waals surface area contributed by atoms with Gasteiger partial charge in [0.2, 0.25) is 5.91 Å². The zero-order valence-corrected chi connectivity index (χ0v) is 10.9. The first-order chi connectivity index (χ1) is 9.58. The lowest BCUT2D eigenvalue weighted by Crippen LogP contribution is -2.30. The predicted molar refractivity (Wildman–Crippen MR) is 72.6 cm³/mol. The van der Waals surface area contributed by atoms with Crippen molar-refractivity contribution in [3.05, 3.63) is 41.5 Å². The molecule has 2 rings (SSSR count). The number of hydrogen-bond donors (Lipinski definition) is 1. The fourth-order valence-electron chi connectivity index (χ4n) is 2.10. The van der Waals surface area contributed by atoms with E-state index in [4.69, 9.17) is 5.11 Å². The van der Waals surface area contributed by atoms with Gasteiger partial charge in [0.15, 0.2) is 0 Å². The van der Waals surface area contributed by atoms with Crippen molar-refractivity contribution in [3.8, 4) is 0 Å². The van der Waals surface area contributed by atoms with E-state index in [1.165, 1.54) is 0 Å². The molecule has 0 bridgehead atoms. The molecule has 0 aliphatic carbocycles. The van der Waals surface area contributed by atoms with Crippen LogP contribution in [0.3, 0.4) is 0 Å². The van der Waals surface area contributed by atoms with Crippen molar-refractivity contribution < 1.29 is 19.5 Å². The van der Waals surface area contributed by atoms with Gasteiger partial charge in [0.1, 0.15) is 0 Å². The van der Waals surface area contributed by atoms with Crippen LogP contribution in [0.2, 0.25) is 0 Å². The van der Waals surface area contributed by atoms with Gasteiger partial charge in [-0.05, 0) is 18.1 Å². The van der Waals surface area contributed by atoms with Crippen LogP contribution in [0, 0.1) is 0 Å². The van der Waals surface area contributed by atoms with E-state index in [0.29, 0.717) is 5.57 Å². The molecule has 1 N–H and O–H groups in total. The molecule has 0 unspecified atom stereocenters. The SMILES string of the molecule is O=C(O)CCCN1C(=O)CC(=Cc2ccccc2)C1=O. The molecule has 1 aliphatic heterocycles. The van der Waals surface area contributed by atoms with Gasteiger partial charge in [-0.15, -0.1) is 0 Å². The zero-order chi connectivity index (χ0) is 14.5. The standard InChI is InChI=1S/C15H15NO4/c17-13-10-12(9-11-5-2-1-3-6-11)15(20)16(13)8-4-7-14(18)19/h1-3,5-6,9H,4,7-8,10H2,(H,18,19). The number of likely N-dealkylation sites (tertiary alicyclic amines) is 1. The number of benzene rings is 1.